The van der Waals surface area contributed by atoms with E-state index in [9.17, 15) is 14.7 Å². The van der Waals surface area contributed by atoms with Crippen molar-refractivity contribution in [3.8, 4) is 17.3 Å². The third-order valence-electron chi connectivity index (χ3n) is 10.9. The maximum Gasteiger partial charge on any atom is 0.351 e. The van der Waals surface area contributed by atoms with E-state index in [0.717, 1.165) is 16.7 Å². The highest BCUT2D eigenvalue weighted by Gasteiger charge is 2.66. The van der Waals surface area contributed by atoms with Crippen molar-refractivity contribution in [1.29, 1.82) is 0 Å². The molecule has 0 aliphatic carbocycles. The third kappa shape index (κ3) is 6.16. The van der Waals surface area contributed by atoms with E-state index in [0.29, 0.717) is 34.7 Å². The van der Waals surface area contributed by atoms with Crippen LogP contribution in [0.3, 0.4) is 0 Å². The minimum absolute atomic E-state index is 0.0918. The molecule has 0 radical (unpaired) electrons. The summed E-state index contributed by atoms with van der Waals surface area (Å²) in [7, 11) is 5.01. The van der Waals surface area contributed by atoms with Crippen LogP contribution in [0.15, 0.2) is 103 Å². The van der Waals surface area contributed by atoms with Crippen molar-refractivity contribution in [3.05, 3.63) is 136 Å². The average molecular weight is 760 g/mol. The smallest absolute Gasteiger partial charge is 0.351 e. The summed E-state index contributed by atoms with van der Waals surface area (Å²) < 4.78 is 30.0. The fourth-order valence-electron chi connectivity index (χ4n) is 8.10. The van der Waals surface area contributed by atoms with E-state index in [4.69, 9.17) is 29.0 Å². The normalized spacial score (nSPS) is 20.4. The number of carboxylic acids is 1. The summed E-state index contributed by atoms with van der Waals surface area (Å²) in [6.45, 7) is 3.74. The Labute approximate surface area is 321 Å². The van der Waals surface area contributed by atoms with E-state index in [1.54, 1.807) is 39.1 Å². The lowest BCUT2D eigenvalue weighted by molar-refractivity contribution is -0.156. The van der Waals surface area contributed by atoms with Gasteiger partial charge in [-0.2, -0.15) is 15.1 Å². The fourth-order valence-corrected chi connectivity index (χ4v) is 8.10. The Morgan fingerprint density at radius 2 is 1.59 bits per heavy atom. The second kappa shape index (κ2) is 14.4. The van der Waals surface area contributed by atoms with Gasteiger partial charge < -0.3 is 29.0 Å². The first-order valence-electron chi connectivity index (χ1n) is 18.0. The Morgan fingerprint density at radius 3 is 2.14 bits per heavy atom. The first kappa shape index (κ1) is 36.6. The second-order valence-corrected chi connectivity index (χ2v) is 14.0. The van der Waals surface area contributed by atoms with Crippen molar-refractivity contribution in [3.63, 3.8) is 0 Å². The molecule has 0 unspecified atom stereocenters. The maximum absolute atomic E-state index is 14.0. The van der Waals surface area contributed by atoms with Crippen molar-refractivity contribution in [2.75, 3.05) is 32.3 Å². The molecule has 2 aliphatic heterocycles. The number of hydrogen-bond acceptors (Lipinski definition) is 12. The van der Waals surface area contributed by atoms with Gasteiger partial charge in [0.2, 0.25) is 5.95 Å². The van der Waals surface area contributed by atoms with Crippen molar-refractivity contribution >= 4 is 11.9 Å². The number of aromatic nitrogens is 8. The number of morpholine rings is 1. The van der Waals surface area contributed by atoms with Gasteiger partial charge in [0.1, 0.15) is 41.2 Å². The maximum atomic E-state index is 14.0. The van der Waals surface area contributed by atoms with Gasteiger partial charge in [-0.05, 0) is 54.8 Å². The molecule has 16 nitrogen and oxygen atoms in total. The molecule has 3 aromatic carbocycles. The summed E-state index contributed by atoms with van der Waals surface area (Å²) in [5, 5.41) is 19.3. The third-order valence-corrected chi connectivity index (χ3v) is 10.9. The van der Waals surface area contributed by atoms with Crippen LogP contribution in [-0.2, 0) is 26.9 Å². The van der Waals surface area contributed by atoms with E-state index in [-0.39, 0.29) is 19.6 Å². The SMILES string of the molecule is COc1ccc(C(OC[C@@]23CN(c4nc(C)n(C)n4)[C@@H]([C@H](n4cc(C)c(-n5cncn5)nc4=O)O2)[C@@H]3CC(=O)O)(c2ccccc2)c2ccc(OC)cc2)cc1. The second-order valence-electron chi connectivity index (χ2n) is 14.0. The number of fused-ring (bicyclic) bond motifs is 2. The Kier molecular flexibility index (Phi) is 9.38. The van der Waals surface area contributed by atoms with Gasteiger partial charge >= 0.3 is 11.7 Å². The molecule has 2 saturated heterocycles. The van der Waals surface area contributed by atoms with Gasteiger partial charge in [0.05, 0.1) is 39.8 Å². The van der Waals surface area contributed by atoms with E-state index in [2.05, 4.69) is 15.1 Å². The number of hydrogen-bond donors (Lipinski definition) is 1. The molecule has 8 rings (SSSR count). The number of aryl methyl sites for hydroxylation is 3. The van der Waals surface area contributed by atoms with Crippen LogP contribution >= 0.6 is 0 Å². The Morgan fingerprint density at radius 1 is 0.946 bits per heavy atom. The monoisotopic (exact) mass is 759 g/mol. The summed E-state index contributed by atoms with van der Waals surface area (Å²) >= 11 is 0. The minimum Gasteiger partial charge on any atom is -0.497 e. The van der Waals surface area contributed by atoms with Crippen LogP contribution in [0.1, 0.15) is 40.7 Å². The number of ether oxygens (including phenoxy) is 4. The molecule has 0 amide bonds. The van der Waals surface area contributed by atoms with E-state index < -0.39 is 41.0 Å². The molecule has 2 aliphatic rings. The Bertz CT molecular complexity index is 2330. The molecule has 1 N–H and O–H groups in total. The average Bonchev–Trinajstić information content (AvgIpc) is 4.00. The zero-order valence-electron chi connectivity index (χ0n) is 31.5. The molecule has 4 atom stereocenters. The highest BCUT2D eigenvalue weighted by atomic mass is 16.6. The predicted octanol–water partition coefficient (Wildman–Crippen LogP) is 3.84. The zero-order valence-corrected chi connectivity index (χ0v) is 31.5. The van der Waals surface area contributed by atoms with Crippen LogP contribution in [0.5, 0.6) is 11.5 Å². The van der Waals surface area contributed by atoms with Gasteiger partial charge in [0.15, 0.2) is 12.0 Å². The molecule has 5 heterocycles. The largest absolute Gasteiger partial charge is 0.497 e. The fraction of sp³-hybridized carbons (Fsp3) is 0.325. The molecule has 56 heavy (non-hydrogen) atoms. The van der Waals surface area contributed by atoms with Crippen LogP contribution < -0.4 is 20.1 Å². The molecule has 2 fully saturated rings. The van der Waals surface area contributed by atoms with Crippen LogP contribution in [0.25, 0.3) is 5.82 Å². The van der Waals surface area contributed by atoms with Gasteiger partial charge in [-0.3, -0.25) is 14.0 Å². The van der Waals surface area contributed by atoms with Gasteiger partial charge in [-0.1, -0.05) is 54.6 Å². The Hall–Kier alpha value is -6.39. The van der Waals surface area contributed by atoms with Crippen LogP contribution in [0.4, 0.5) is 5.95 Å². The summed E-state index contributed by atoms with van der Waals surface area (Å²) in [5.74, 6) is 0.997. The lowest BCUT2D eigenvalue weighted by Gasteiger charge is -2.41. The number of aliphatic carboxylic acids is 1. The molecule has 0 spiro atoms. The van der Waals surface area contributed by atoms with E-state index >= 15 is 0 Å². The summed E-state index contributed by atoms with van der Waals surface area (Å²) in [6.07, 6.45) is 3.21. The number of anilines is 1. The topological polar surface area (TPSA) is 174 Å². The van der Waals surface area contributed by atoms with E-state index in [1.165, 1.54) is 21.9 Å². The summed E-state index contributed by atoms with van der Waals surface area (Å²) in [5.41, 5.74) is -0.0824. The molecule has 288 valence electrons. The lowest BCUT2D eigenvalue weighted by atomic mass is 9.79. The predicted molar refractivity (Wildman–Crippen MR) is 202 cm³/mol. The molecule has 0 saturated carbocycles. The van der Waals surface area contributed by atoms with Gasteiger partial charge in [0.25, 0.3) is 0 Å². The number of rotatable bonds is 13. The lowest BCUT2D eigenvalue weighted by Crippen LogP contribution is -2.51. The summed E-state index contributed by atoms with van der Waals surface area (Å²) in [4.78, 5) is 41.8. The number of carbonyl (C=O) groups is 1. The van der Waals surface area contributed by atoms with E-state index in [1.807, 2.05) is 90.7 Å². The number of nitrogens with zero attached hydrogens (tertiary/aromatic N) is 9. The quantitative estimate of drug-likeness (QED) is 0.169. The molecule has 3 aromatic heterocycles. The zero-order chi connectivity index (χ0) is 39.2. The van der Waals surface area contributed by atoms with Crippen LogP contribution in [0.2, 0.25) is 0 Å². The first-order valence-corrected chi connectivity index (χ1v) is 18.0. The highest BCUT2D eigenvalue weighted by molar-refractivity contribution is 5.68. The van der Waals surface area contributed by atoms with Crippen molar-refractivity contribution in [1.82, 2.24) is 39.1 Å². The van der Waals surface area contributed by atoms with Crippen molar-refractivity contribution in [2.45, 2.75) is 43.7 Å². The van der Waals surface area contributed by atoms with Crippen molar-refractivity contribution < 1.29 is 28.8 Å². The molecule has 6 aromatic rings. The molecule has 2 bridgehead atoms. The minimum atomic E-state index is -1.28. The number of carboxylic acid groups (broad SMARTS) is 1. The molecular formula is C40H41N9O7. The number of methoxy groups -OCH3 is 2. The standard InChI is InChI=1S/C40H41N9O7/c1-25-20-47(38(52)44-35(25)49-24-41-23-42-49)36-34-32(19-33(50)51)39(56-36,21-48(34)37-43-26(2)46(3)45-37)22-55-40(27-9-7-6-8-10-27,28-11-15-30(53-4)16-12-28)29-13-17-31(54-5)18-14-29/h6-18,20,23-24,32,34,36H,19,21-22H2,1-5H3,(H,50,51)/t32-,34+,36+,39+/m0/s1. The first-order chi connectivity index (χ1) is 27.1. The number of benzene rings is 3. The van der Waals surface area contributed by atoms with Crippen molar-refractivity contribution in [2.24, 2.45) is 13.0 Å². The van der Waals surface area contributed by atoms with Crippen LogP contribution in [-0.4, -0.2) is 89.2 Å². The van der Waals surface area contributed by atoms with Crippen LogP contribution in [0, 0.1) is 19.8 Å². The van der Waals surface area contributed by atoms with Gasteiger partial charge in [0, 0.05) is 24.7 Å². The Balaban J connectivity index is 1.29. The molecular weight excluding hydrogens is 718 g/mol. The highest BCUT2D eigenvalue weighted by Crippen LogP contribution is 2.54. The summed E-state index contributed by atoms with van der Waals surface area (Å²) in [6, 6.07) is 24.4. The van der Waals surface area contributed by atoms with Gasteiger partial charge in [-0.15, -0.1) is 5.10 Å². The van der Waals surface area contributed by atoms with Gasteiger partial charge in [-0.25, -0.2) is 14.5 Å². The molecule has 16 heteroatoms.